The Morgan fingerprint density at radius 3 is 2.36 bits per heavy atom. The SMILES string of the molecule is CC(C)CC(=O)C1C(=O)CC(C)C1=O. The molecule has 3 nitrogen and oxygen atoms in total. The van der Waals surface area contributed by atoms with Crippen LogP contribution < -0.4 is 0 Å². The van der Waals surface area contributed by atoms with Crippen LogP contribution in [-0.4, -0.2) is 17.3 Å². The van der Waals surface area contributed by atoms with E-state index in [0.29, 0.717) is 6.42 Å². The van der Waals surface area contributed by atoms with Crippen LogP contribution in [0.5, 0.6) is 0 Å². The van der Waals surface area contributed by atoms with Gasteiger partial charge in [-0.15, -0.1) is 0 Å². The average molecular weight is 196 g/mol. The highest BCUT2D eigenvalue weighted by molar-refractivity contribution is 6.23. The molecule has 0 heterocycles. The molecule has 14 heavy (non-hydrogen) atoms. The molecule has 1 rings (SSSR count). The molecule has 0 spiro atoms. The minimum Gasteiger partial charge on any atom is -0.298 e. The van der Waals surface area contributed by atoms with Gasteiger partial charge in [-0.3, -0.25) is 14.4 Å². The number of Topliss-reactive ketones (excluding diaryl/α,β-unsaturated/α-hetero) is 3. The molecule has 0 saturated heterocycles. The molecule has 0 aromatic rings. The van der Waals surface area contributed by atoms with Crippen LogP contribution in [0.2, 0.25) is 0 Å². The smallest absolute Gasteiger partial charge is 0.154 e. The molecule has 0 aromatic carbocycles. The maximum atomic E-state index is 11.6. The molecule has 1 aliphatic rings. The normalized spacial score (nSPS) is 27.4. The molecule has 0 amide bonds. The summed E-state index contributed by atoms with van der Waals surface area (Å²) in [5.41, 5.74) is 0. The highest BCUT2D eigenvalue weighted by atomic mass is 16.2. The standard InChI is InChI=1S/C11H16O3/c1-6(2)4-8(12)10-9(13)5-7(3)11(10)14/h6-7,10H,4-5H2,1-3H3. The lowest BCUT2D eigenvalue weighted by Gasteiger charge is -2.08. The van der Waals surface area contributed by atoms with Crippen LogP contribution in [0.3, 0.4) is 0 Å². The molecule has 1 fully saturated rings. The Bertz CT molecular complexity index is 278. The molecule has 1 aliphatic carbocycles. The Kier molecular flexibility index (Phi) is 3.19. The van der Waals surface area contributed by atoms with Crippen LogP contribution in [0.15, 0.2) is 0 Å². The first-order chi connectivity index (χ1) is 6.43. The van der Waals surface area contributed by atoms with Gasteiger partial charge in [0.15, 0.2) is 17.3 Å². The number of hydrogen-bond acceptors (Lipinski definition) is 3. The van der Waals surface area contributed by atoms with Gasteiger partial charge in [0.2, 0.25) is 0 Å². The van der Waals surface area contributed by atoms with Crippen molar-refractivity contribution in [3.05, 3.63) is 0 Å². The zero-order valence-electron chi connectivity index (χ0n) is 8.87. The van der Waals surface area contributed by atoms with Gasteiger partial charge in [0.1, 0.15) is 5.92 Å². The lowest BCUT2D eigenvalue weighted by Crippen LogP contribution is -2.27. The van der Waals surface area contributed by atoms with Gasteiger partial charge in [-0.2, -0.15) is 0 Å². The summed E-state index contributed by atoms with van der Waals surface area (Å²) in [4.78, 5) is 34.5. The van der Waals surface area contributed by atoms with Crippen molar-refractivity contribution in [2.45, 2.75) is 33.6 Å². The summed E-state index contributed by atoms with van der Waals surface area (Å²) in [6.45, 7) is 5.53. The summed E-state index contributed by atoms with van der Waals surface area (Å²) >= 11 is 0. The first-order valence-corrected chi connectivity index (χ1v) is 5.02. The van der Waals surface area contributed by atoms with Gasteiger partial charge < -0.3 is 0 Å². The van der Waals surface area contributed by atoms with Crippen molar-refractivity contribution in [1.82, 2.24) is 0 Å². The fraction of sp³-hybridized carbons (Fsp3) is 0.727. The third kappa shape index (κ3) is 2.08. The van der Waals surface area contributed by atoms with Crippen LogP contribution in [0.4, 0.5) is 0 Å². The number of ketones is 3. The van der Waals surface area contributed by atoms with Gasteiger partial charge in [0, 0.05) is 18.8 Å². The zero-order valence-corrected chi connectivity index (χ0v) is 8.87. The quantitative estimate of drug-likeness (QED) is 0.641. The highest BCUT2D eigenvalue weighted by Crippen LogP contribution is 2.26. The molecule has 0 bridgehead atoms. The van der Waals surface area contributed by atoms with E-state index in [4.69, 9.17) is 0 Å². The Morgan fingerprint density at radius 2 is 2.00 bits per heavy atom. The third-order valence-corrected chi connectivity index (χ3v) is 2.53. The third-order valence-electron chi connectivity index (χ3n) is 2.53. The van der Waals surface area contributed by atoms with Crippen molar-refractivity contribution in [3.63, 3.8) is 0 Å². The minimum absolute atomic E-state index is 0.180. The molecular formula is C11H16O3. The first-order valence-electron chi connectivity index (χ1n) is 5.02. The molecule has 1 saturated carbocycles. The van der Waals surface area contributed by atoms with Crippen LogP contribution in [0, 0.1) is 17.8 Å². The number of hydrogen-bond donors (Lipinski definition) is 0. The summed E-state index contributed by atoms with van der Waals surface area (Å²) in [6, 6.07) is 0. The number of carbonyl (C=O) groups is 3. The Morgan fingerprint density at radius 1 is 1.43 bits per heavy atom. The monoisotopic (exact) mass is 196 g/mol. The first kappa shape index (κ1) is 11.1. The molecule has 78 valence electrons. The van der Waals surface area contributed by atoms with Crippen LogP contribution in [0.1, 0.15) is 33.6 Å². The fourth-order valence-corrected chi connectivity index (χ4v) is 1.82. The van der Waals surface area contributed by atoms with Crippen LogP contribution in [-0.2, 0) is 14.4 Å². The highest BCUT2D eigenvalue weighted by Gasteiger charge is 2.42. The minimum atomic E-state index is -0.938. The van der Waals surface area contributed by atoms with E-state index in [1.165, 1.54) is 0 Å². The largest absolute Gasteiger partial charge is 0.298 e. The van der Waals surface area contributed by atoms with Gasteiger partial charge in [-0.05, 0) is 5.92 Å². The second kappa shape index (κ2) is 4.03. The second-order valence-electron chi connectivity index (χ2n) is 4.47. The maximum absolute atomic E-state index is 11.6. The lowest BCUT2D eigenvalue weighted by atomic mass is 9.93. The number of carbonyl (C=O) groups excluding carboxylic acids is 3. The fourth-order valence-electron chi connectivity index (χ4n) is 1.82. The molecule has 3 heteroatoms. The van der Waals surface area contributed by atoms with Crippen molar-refractivity contribution in [1.29, 1.82) is 0 Å². The van der Waals surface area contributed by atoms with Gasteiger partial charge in [-0.1, -0.05) is 20.8 Å². The van der Waals surface area contributed by atoms with Crippen molar-refractivity contribution in [2.75, 3.05) is 0 Å². The summed E-state index contributed by atoms with van der Waals surface area (Å²) in [5, 5.41) is 0. The van der Waals surface area contributed by atoms with Gasteiger partial charge in [-0.25, -0.2) is 0 Å². The van der Waals surface area contributed by atoms with Crippen molar-refractivity contribution in [3.8, 4) is 0 Å². The van der Waals surface area contributed by atoms with E-state index in [9.17, 15) is 14.4 Å². The molecular weight excluding hydrogens is 180 g/mol. The summed E-state index contributed by atoms with van der Waals surface area (Å²) < 4.78 is 0. The zero-order chi connectivity index (χ0) is 10.9. The van der Waals surface area contributed by atoms with Crippen molar-refractivity contribution < 1.29 is 14.4 Å². The Hall–Kier alpha value is -0.990. The molecule has 0 N–H and O–H groups in total. The van der Waals surface area contributed by atoms with E-state index in [0.717, 1.165) is 0 Å². The van der Waals surface area contributed by atoms with E-state index >= 15 is 0 Å². The van der Waals surface area contributed by atoms with Gasteiger partial charge in [0.25, 0.3) is 0 Å². The Labute approximate surface area is 83.9 Å². The average Bonchev–Trinajstić information content (AvgIpc) is 2.25. The van der Waals surface area contributed by atoms with E-state index in [1.54, 1.807) is 6.92 Å². The predicted molar refractivity (Wildman–Crippen MR) is 51.7 cm³/mol. The molecule has 0 aromatic heterocycles. The van der Waals surface area contributed by atoms with E-state index < -0.39 is 5.92 Å². The summed E-state index contributed by atoms with van der Waals surface area (Å²) in [5.74, 6) is -1.55. The van der Waals surface area contributed by atoms with Crippen molar-refractivity contribution >= 4 is 17.3 Å². The van der Waals surface area contributed by atoms with Gasteiger partial charge in [0.05, 0.1) is 0 Å². The van der Waals surface area contributed by atoms with Crippen LogP contribution >= 0.6 is 0 Å². The maximum Gasteiger partial charge on any atom is 0.154 e. The lowest BCUT2D eigenvalue weighted by molar-refractivity contribution is -0.136. The van der Waals surface area contributed by atoms with E-state index in [-0.39, 0.29) is 35.6 Å². The number of rotatable bonds is 3. The topological polar surface area (TPSA) is 51.2 Å². The molecule has 0 radical (unpaired) electrons. The van der Waals surface area contributed by atoms with Crippen LogP contribution in [0.25, 0.3) is 0 Å². The molecule has 2 unspecified atom stereocenters. The second-order valence-corrected chi connectivity index (χ2v) is 4.47. The van der Waals surface area contributed by atoms with E-state index in [1.807, 2.05) is 13.8 Å². The summed E-state index contributed by atoms with van der Waals surface area (Å²) in [6.07, 6.45) is 0.572. The Balaban J connectivity index is 2.73. The van der Waals surface area contributed by atoms with Crippen molar-refractivity contribution in [2.24, 2.45) is 17.8 Å². The summed E-state index contributed by atoms with van der Waals surface area (Å²) in [7, 11) is 0. The molecule has 2 atom stereocenters. The molecule has 0 aliphatic heterocycles. The van der Waals surface area contributed by atoms with Gasteiger partial charge >= 0.3 is 0 Å². The van der Waals surface area contributed by atoms with E-state index in [2.05, 4.69) is 0 Å². The predicted octanol–water partition coefficient (Wildman–Crippen LogP) is 1.40.